The van der Waals surface area contributed by atoms with Gasteiger partial charge >= 0.3 is 5.97 Å². The van der Waals surface area contributed by atoms with Crippen LogP contribution >= 0.6 is 22.9 Å². The molecular formula is C27H35ClN4O5S. The molecule has 11 heteroatoms. The van der Waals surface area contributed by atoms with Gasteiger partial charge in [0, 0.05) is 45.2 Å². The summed E-state index contributed by atoms with van der Waals surface area (Å²) >= 11 is 7.09. The van der Waals surface area contributed by atoms with E-state index in [1.165, 1.54) is 23.1 Å². The molecule has 1 aliphatic rings. The Hall–Kier alpha value is -2.95. The largest absolute Gasteiger partial charge is 0.469 e. The Morgan fingerprint density at radius 3 is 2.53 bits per heavy atom. The van der Waals surface area contributed by atoms with E-state index in [2.05, 4.69) is 27.3 Å². The standard InChI is InChI=1S/C27H35ClN4O5S/c1-31-15-12-18-6-7-20(17-19(18)13-16-31)29-26(35)21(30-27(36)22-9-10-23(28)38-22)8-11-24(33)32(2)14-4-5-25(34)37-3/h6-7,9-10,17,21H,4-5,8,11-16H2,1-3H3,(H,29,35)(H,30,36)/t21-/m1/s1. The number of esters is 1. The lowest BCUT2D eigenvalue weighted by Crippen LogP contribution is -2.44. The van der Waals surface area contributed by atoms with E-state index in [0.29, 0.717) is 27.9 Å². The van der Waals surface area contributed by atoms with Crippen molar-refractivity contribution < 1.29 is 23.9 Å². The van der Waals surface area contributed by atoms with E-state index < -0.39 is 17.9 Å². The van der Waals surface area contributed by atoms with E-state index >= 15 is 0 Å². The zero-order chi connectivity index (χ0) is 27.7. The van der Waals surface area contributed by atoms with Gasteiger partial charge in [-0.2, -0.15) is 0 Å². The number of fused-ring (bicyclic) bond motifs is 1. The first kappa shape index (κ1) is 29.6. The molecule has 0 unspecified atom stereocenters. The van der Waals surface area contributed by atoms with Crippen LogP contribution in [0.4, 0.5) is 5.69 Å². The van der Waals surface area contributed by atoms with E-state index in [1.807, 2.05) is 18.2 Å². The van der Waals surface area contributed by atoms with Crippen LogP contribution < -0.4 is 10.6 Å². The number of halogens is 1. The second-order valence-electron chi connectivity index (χ2n) is 9.44. The monoisotopic (exact) mass is 562 g/mol. The molecule has 2 heterocycles. The Morgan fingerprint density at radius 1 is 1.11 bits per heavy atom. The number of amides is 3. The van der Waals surface area contributed by atoms with Gasteiger partial charge in [-0.3, -0.25) is 19.2 Å². The SMILES string of the molecule is COC(=O)CCCN(C)C(=O)CC[C@@H](NC(=O)c1ccc(Cl)s1)C(=O)Nc1ccc2c(c1)CCN(C)CC2. The van der Waals surface area contributed by atoms with Gasteiger partial charge in [0.25, 0.3) is 5.91 Å². The van der Waals surface area contributed by atoms with Gasteiger partial charge in [0.15, 0.2) is 0 Å². The fraction of sp³-hybridized carbons (Fsp3) is 0.481. The number of carbonyl (C=O) groups is 4. The minimum absolute atomic E-state index is 0.0504. The molecule has 0 fully saturated rings. The second-order valence-corrected chi connectivity index (χ2v) is 11.2. The number of thiophene rings is 1. The van der Waals surface area contributed by atoms with E-state index in [9.17, 15) is 19.2 Å². The Balaban J connectivity index is 1.66. The molecule has 3 rings (SSSR count). The molecule has 1 aromatic carbocycles. The second kappa shape index (κ2) is 14.3. The summed E-state index contributed by atoms with van der Waals surface area (Å²) in [4.78, 5) is 54.3. The number of nitrogens with one attached hydrogen (secondary N) is 2. The number of hydrogen-bond donors (Lipinski definition) is 2. The average molecular weight is 563 g/mol. The maximum atomic E-state index is 13.3. The molecule has 1 atom stereocenters. The summed E-state index contributed by atoms with van der Waals surface area (Å²) in [5.74, 6) is -1.34. The number of carbonyl (C=O) groups excluding carboxylic acids is 4. The molecule has 38 heavy (non-hydrogen) atoms. The quantitative estimate of drug-likeness (QED) is 0.407. The van der Waals surface area contributed by atoms with Gasteiger partial charge < -0.3 is 25.2 Å². The number of likely N-dealkylation sites (N-methyl/N-ethyl adjacent to an activating group) is 1. The molecule has 0 aliphatic carbocycles. The van der Waals surface area contributed by atoms with Crippen LogP contribution in [0.25, 0.3) is 0 Å². The van der Waals surface area contributed by atoms with Gasteiger partial charge in [0.1, 0.15) is 6.04 Å². The summed E-state index contributed by atoms with van der Waals surface area (Å²) in [6.07, 6.45) is 2.71. The van der Waals surface area contributed by atoms with Crippen LogP contribution in [-0.2, 0) is 32.0 Å². The molecule has 0 spiro atoms. The lowest BCUT2D eigenvalue weighted by molar-refractivity contribution is -0.141. The average Bonchev–Trinajstić information content (AvgIpc) is 3.25. The zero-order valence-corrected chi connectivity index (χ0v) is 23.6. The summed E-state index contributed by atoms with van der Waals surface area (Å²) in [5.41, 5.74) is 3.13. The topological polar surface area (TPSA) is 108 Å². The van der Waals surface area contributed by atoms with Crippen LogP contribution in [0.5, 0.6) is 0 Å². The molecule has 1 aromatic heterocycles. The fourth-order valence-corrected chi connectivity index (χ4v) is 5.17. The van der Waals surface area contributed by atoms with Gasteiger partial charge in [-0.05, 0) is 68.1 Å². The van der Waals surface area contributed by atoms with Crippen LogP contribution in [-0.4, -0.2) is 80.4 Å². The molecule has 0 radical (unpaired) electrons. The Morgan fingerprint density at radius 2 is 1.84 bits per heavy atom. The van der Waals surface area contributed by atoms with Crippen LogP contribution in [0.3, 0.4) is 0 Å². The Labute approximate surface area is 232 Å². The summed E-state index contributed by atoms with van der Waals surface area (Å²) in [5, 5.41) is 5.69. The van der Waals surface area contributed by atoms with Crippen molar-refractivity contribution in [2.75, 3.05) is 46.2 Å². The Bertz CT molecular complexity index is 1150. The van der Waals surface area contributed by atoms with Gasteiger partial charge in [-0.1, -0.05) is 17.7 Å². The van der Waals surface area contributed by atoms with Gasteiger partial charge in [0.2, 0.25) is 11.8 Å². The highest BCUT2D eigenvalue weighted by molar-refractivity contribution is 7.18. The molecule has 9 nitrogen and oxygen atoms in total. The van der Waals surface area contributed by atoms with Crippen molar-refractivity contribution in [2.45, 2.75) is 44.6 Å². The van der Waals surface area contributed by atoms with Crippen molar-refractivity contribution in [3.63, 3.8) is 0 Å². The van der Waals surface area contributed by atoms with E-state index in [4.69, 9.17) is 11.6 Å². The number of anilines is 1. The summed E-state index contributed by atoms with van der Waals surface area (Å²) in [6.45, 7) is 2.32. The fourth-order valence-electron chi connectivity index (χ4n) is 4.22. The highest BCUT2D eigenvalue weighted by atomic mass is 35.5. The van der Waals surface area contributed by atoms with Crippen LogP contribution in [0.15, 0.2) is 30.3 Å². The number of benzene rings is 1. The van der Waals surface area contributed by atoms with Crippen molar-refractivity contribution in [1.82, 2.24) is 15.1 Å². The van der Waals surface area contributed by atoms with Crippen molar-refractivity contribution >= 4 is 52.3 Å². The van der Waals surface area contributed by atoms with Gasteiger partial charge in [0.05, 0.1) is 16.3 Å². The molecule has 0 bridgehead atoms. The Kier molecular flexibility index (Phi) is 11.1. The van der Waals surface area contributed by atoms with Crippen molar-refractivity contribution in [2.24, 2.45) is 0 Å². The molecule has 3 amide bonds. The minimum Gasteiger partial charge on any atom is -0.469 e. The van der Waals surface area contributed by atoms with E-state index in [-0.39, 0.29) is 31.1 Å². The predicted octanol–water partition coefficient (Wildman–Crippen LogP) is 3.36. The predicted molar refractivity (Wildman–Crippen MR) is 149 cm³/mol. The third-order valence-corrected chi connectivity index (χ3v) is 7.82. The maximum absolute atomic E-state index is 13.3. The summed E-state index contributed by atoms with van der Waals surface area (Å²) in [6, 6.07) is 8.20. The molecule has 2 N–H and O–H groups in total. The van der Waals surface area contributed by atoms with E-state index in [1.54, 1.807) is 19.2 Å². The summed E-state index contributed by atoms with van der Waals surface area (Å²) in [7, 11) is 5.07. The highest BCUT2D eigenvalue weighted by Crippen LogP contribution is 2.23. The number of hydrogen-bond acceptors (Lipinski definition) is 7. The third-order valence-electron chi connectivity index (χ3n) is 6.59. The van der Waals surface area contributed by atoms with Crippen LogP contribution in [0.2, 0.25) is 4.34 Å². The van der Waals surface area contributed by atoms with Gasteiger partial charge in [-0.15, -0.1) is 11.3 Å². The number of nitrogens with zero attached hydrogens (tertiary/aromatic N) is 2. The third kappa shape index (κ3) is 8.82. The molecule has 0 saturated heterocycles. The minimum atomic E-state index is -0.930. The lowest BCUT2D eigenvalue weighted by Gasteiger charge is -2.21. The molecule has 1 aliphatic heterocycles. The zero-order valence-electron chi connectivity index (χ0n) is 22.0. The number of ether oxygens (including phenoxy) is 1. The first-order chi connectivity index (χ1) is 18.2. The van der Waals surface area contributed by atoms with Crippen molar-refractivity contribution in [3.8, 4) is 0 Å². The first-order valence-electron chi connectivity index (χ1n) is 12.6. The molecular weight excluding hydrogens is 528 g/mol. The lowest BCUT2D eigenvalue weighted by atomic mass is 10.0. The number of methoxy groups -OCH3 is 1. The maximum Gasteiger partial charge on any atom is 0.305 e. The molecule has 2 aromatic rings. The van der Waals surface area contributed by atoms with Crippen LogP contribution in [0, 0.1) is 0 Å². The molecule has 0 saturated carbocycles. The first-order valence-corrected chi connectivity index (χ1v) is 13.8. The van der Waals surface area contributed by atoms with Crippen molar-refractivity contribution in [1.29, 1.82) is 0 Å². The smallest absolute Gasteiger partial charge is 0.305 e. The summed E-state index contributed by atoms with van der Waals surface area (Å²) < 4.78 is 5.09. The number of rotatable bonds is 11. The molecule has 206 valence electrons. The van der Waals surface area contributed by atoms with Gasteiger partial charge in [-0.25, -0.2) is 0 Å². The van der Waals surface area contributed by atoms with E-state index in [0.717, 1.165) is 37.3 Å². The highest BCUT2D eigenvalue weighted by Gasteiger charge is 2.25. The van der Waals surface area contributed by atoms with Crippen molar-refractivity contribution in [3.05, 3.63) is 50.7 Å². The normalized spacial score (nSPS) is 14.1. The van der Waals surface area contributed by atoms with Crippen LogP contribution in [0.1, 0.15) is 46.5 Å².